The first-order valence-corrected chi connectivity index (χ1v) is 7.44. The lowest BCUT2D eigenvalue weighted by molar-refractivity contribution is 0.569. The molecular weight excluding hydrogens is 290 g/mol. The number of benzene rings is 1. The van der Waals surface area contributed by atoms with Gasteiger partial charge in [0.25, 0.3) is 0 Å². The molecule has 0 aliphatic heterocycles. The van der Waals surface area contributed by atoms with Crippen molar-refractivity contribution in [2.24, 2.45) is 0 Å². The Morgan fingerprint density at radius 3 is 2.31 bits per heavy atom. The van der Waals surface area contributed by atoms with Gasteiger partial charge in [0.05, 0.1) is 9.64 Å². The lowest BCUT2D eigenvalue weighted by Gasteiger charge is -2.15. The van der Waals surface area contributed by atoms with Crippen molar-refractivity contribution in [1.82, 2.24) is 5.32 Å². The molecule has 0 aromatic heterocycles. The van der Waals surface area contributed by atoms with Crippen LogP contribution in [0.25, 0.3) is 0 Å². The van der Waals surface area contributed by atoms with Crippen LogP contribution in [0, 0.1) is 0 Å². The van der Waals surface area contributed by atoms with Crippen LogP contribution in [-0.4, -0.2) is 26.8 Å². The standard InChI is InChI=1S/C11H14BrNO2S/c1-13-8-11(6-7-11)16(14,15)10-4-2-9(12)3-5-10/h2-5,13H,6-8H2,1H3. The lowest BCUT2D eigenvalue weighted by Crippen LogP contribution is -2.33. The van der Waals surface area contributed by atoms with Gasteiger partial charge in [-0.05, 0) is 44.2 Å². The van der Waals surface area contributed by atoms with E-state index in [0.29, 0.717) is 11.4 Å². The Hall–Kier alpha value is -0.390. The highest BCUT2D eigenvalue weighted by molar-refractivity contribution is 9.10. The third-order valence-corrected chi connectivity index (χ3v) is 6.11. The summed E-state index contributed by atoms with van der Waals surface area (Å²) in [6, 6.07) is 6.86. The summed E-state index contributed by atoms with van der Waals surface area (Å²) in [6.45, 7) is 0.533. The molecule has 3 nitrogen and oxygen atoms in total. The average Bonchev–Trinajstić information content (AvgIpc) is 3.00. The summed E-state index contributed by atoms with van der Waals surface area (Å²) in [4.78, 5) is 0.420. The van der Waals surface area contributed by atoms with E-state index in [0.717, 1.165) is 17.3 Å². The molecule has 1 aliphatic rings. The highest BCUT2D eigenvalue weighted by atomic mass is 79.9. The molecule has 0 spiro atoms. The van der Waals surface area contributed by atoms with E-state index >= 15 is 0 Å². The van der Waals surface area contributed by atoms with Crippen molar-refractivity contribution in [3.05, 3.63) is 28.7 Å². The zero-order chi connectivity index (χ0) is 11.8. The van der Waals surface area contributed by atoms with Gasteiger partial charge in [0.1, 0.15) is 0 Å². The topological polar surface area (TPSA) is 46.2 Å². The largest absolute Gasteiger partial charge is 0.318 e. The Balaban J connectivity index is 2.36. The summed E-state index contributed by atoms with van der Waals surface area (Å²) in [7, 11) is -1.40. The van der Waals surface area contributed by atoms with E-state index in [1.54, 1.807) is 31.3 Å². The quantitative estimate of drug-likeness (QED) is 0.925. The second-order valence-corrected chi connectivity index (χ2v) is 7.43. The van der Waals surface area contributed by atoms with Crippen molar-refractivity contribution in [2.45, 2.75) is 22.5 Å². The minimum absolute atomic E-state index is 0.420. The van der Waals surface area contributed by atoms with E-state index in [1.165, 1.54) is 0 Å². The second kappa shape index (κ2) is 4.13. The predicted molar refractivity (Wildman–Crippen MR) is 67.2 cm³/mol. The van der Waals surface area contributed by atoms with Crippen LogP contribution in [0.3, 0.4) is 0 Å². The fourth-order valence-corrected chi connectivity index (χ4v) is 4.10. The predicted octanol–water partition coefficient (Wildman–Crippen LogP) is 1.97. The zero-order valence-corrected chi connectivity index (χ0v) is 11.4. The first-order valence-electron chi connectivity index (χ1n) is 5.17. The summed E-state index contributed by atoms with van der Waals surface area (Å²) in [5.74, 6) is 0. The van der Waals surface area contributed by atoms with Crippen LogP contribution < -0.4 is 5.32 Å². The third kappa shape index (κ3) is 1.92. The maximum absolute atomic E-state index is 12.4. The molecule has 5 heteroatoms. The molecule has 0 amide bonds. The molecule has 0 saturated heterocycles. The van der Waals surface area contributed by atoms with Gasteiger partial charge in [0.15, 0.2) is 9.84 Å². The first-order chi connectivity index (χ1) is 7.52. The van der Waals surface area contributed by atoms with Gasteiger partial charge in [-0.2, -0.15) is 0 Å². The maximum atomic E-state index is 12.4. The summed E-state index contributed by atoms with van der Waals surface area (Å²) in [6.07, 6.45) is 1.51. The summed E-state index contributed by atoms with van der Waals surface area (Å²) in [5.41, 5.74) is 0. The fraction of sp³-hybridized carbons (Fsp3) is 0.455. The van der Waals surface area contributed by atoms with E-state index in [-0.39, 0.29) is 0 Å². The van der Waals surface area contributed by atoms with Crippen molar-refractivity contribution in [3.8, 4) is 0 Å². The van der Waals surface area contributed by atoms with Crippen LogP contribution in [0.2, 0.25) is 0 Å². The van der Waals surface area contributed by atoms with Gasteiger partial charge in [0, 0.05) is 11.0 Å². The lowest BCUT2D eigenvalue weighted by atomic mass is 10.4. The number of nitrogens with one attached hydrogen (secondary N) is 1. The van der Waals surface area contributed by atoms with E-state index in [4.69, 9.17) is 0 Å². The van der Waals surface area contributed by atoms with Gasteiger partial charge in [0.2, 0.25) is 0 Å². The maximum Gasteiger partial charge on any atom is 0.185 e. The molecule has 1 fully saturated rings. The number of rotatable bonds is 4. The summed E-state index contributed by atoms with van der Waals surface area (Å²) in [5, 5.41) is 2.97. The Labute approximate surface area is 104 Å². The van der Waals surface area contributed by atoms with E-state index < -0.39 is 14.6 Å². The van der Waals surface area contributed by atoms with Crippen LogP contribution in [0.15, 0.2) is 33.6 Å². The van der Waals surface area contributed by atoms with Crippen LogP contribution in [0.4, 0.5) is 0 Å². The molecule has 1 aromatic rings. The molecule has 1 saturated carbocycles. The van der Waals surface area contributed by atoms with Crippen molar-refractivity contribution in [3.63, 3.8) is 0 Å². The van der Waals surface area contributed by atoms with E-state index in [1.807, 2.05) is 0 Å². The van der Waals surface area contributed by atoms with Gasteiger partial charge in [-0.1, -0.05) is 15.9 Å². The Bertz CT molecular complexity index is 477. The van der Waals surface area contributed by atoms with E-state index in [9.17, 15) is 8.42 Å². The van der Waals surface area contributed by atoms with Crippen molar-refractivity contribution >= 4 is 25.8 Å². The monoisotopic (exact) mass is 303 g/mol. The average molecular weight is 304 g/mol. The number of hydrogen-bond donors (Lipinski definition) is 1. The first kappa shape index (κ1) is 12.1. The Morgan fingerprint density at radius 2 is 1.88 bits per heavy atom. The summed E-state index contributed by atoms with van der Waals surface area (Å²) >= 11 is 3.30. The van der Waals surface area contributed by atoms with Gasteiger partial charge < -0.3 is 5.32 Å². The zero-order valence-electron chi connectivity index (χ0n) is 9.03. The Kier molecular flexibility index (Phi) is 3.11. The van der Waals surface area contributed by atoms with Gasteiger partial charge >= 0.3 is 0 Å². The van der Waals surface area contributed by atoms with Crippen molar-refractivity contribution in [1.29, 1.82) is 0 Å². The molecule has 2 rings (SSSR count). The normalized spacial score (nSPS) is 18.4. The number of halogens is 1. The minimum atomic E-state index is -3.19. The molecule has 1 aromatic carbocycles. The smallest absolute Gasteiger partial charge is 0.185 e. The van der Waals surface area contributed by atoms with Gasteiger partial charge in [-0.25, -0.2) is 8.42 Å². The van der Waals surface area contributed by atoms with Gasteiger partial charge in [-0.3, -0.25) is 0 Å². The van der Waals surface area contributed by atoms with Crippen molar-refractivity contribution < 1.29 is 8.42 Å². The minimum Gasteiger partial charge on any atom is -0.318 e. The van der Waals surface area contributed by atoms with Gasteiger partial charge in [-0.15, -0.1) is 0 Å². The van der Waals surface area contributed by atoms with Crippen LogP contribution in [0.1, 0.15) is 12.8 Å². The third-order valence-electron chi connectivity index (χ3n) is 3.00. The molecule has 0 atom stereocenters. The molecule has 0 radical (unpaired) electrons. The molecule has 0 heterocycles. The number of hydrogen-bond acceptors (Lipinski definition) is 3. The number of sulfone groups is 1. The molecular formula is C11H14BrNO2S. The highest BCUT2D eigenvalue weighted by Crippen LogP contribution is 2.46. The molecule has 1 N–H and O–H groups in total. The van der Waals surface area contributed by atoms with Crippen molar-refractivity contribution in [2.75, 3.05) is 13.6 Å². The highest BCUT2D eigenvalue weighted by Gasteiger charge is 2.54. The molecule has 0 unspecified atom stereocenters. The molecule has 1 aliphatic carbocycles. The molecule has 88 valence electrons. The fourth-order valence-electron chi connectivity index (χ4n) is 1.87. The van der Waals surface area contributed by atoms with Crippen LogP contribution in [0.5, 0.6) is 0 Å². The second-order valence-electron chi connectivity index (χ2n) is 4.17. The van der Waals surface area contributed by atoms with Crippen LogP contribution >= 0.6 is 15.9 Å². The summed E-state index contributed by atoms with van der Waals surface area (Å²) < 4.78 is 25.1. The van der Waals surface area contributed by atoms with Crippen LogP contribution in [-0.2, 0) is 9.84 Å². The molecule has 16 heavy (non-hydrogen) atoms. The SMILES string of the molecule is CNCC1(S(=O)(=O)c2ccc(Br)cc2)CC1. The Morgan fingerprint density at radius 1 is 1.31 bits per heavy atom. The van der Waals surface area contributed by atoms with E-state index in [2.05, 4.69) is 21.2 Å². The molecule has 0 bridgehead atoms.